The number of carboxylic acids is 1. The molecule has 0 aromatic carbocycles. The van der Waals surface area contributed by atoms with Crippen LogP contribution in [0.15, 0.2) is 29.1 Å². The maximum Gasteiger partial charge on any atom is 0.337 e. The Hall–Kier alpha value is -2.08. The van der Waals surface area contributed by atoms with Crippen molar-refractivity contribution in [2.24, 2.45) is 0 Å². The summed E-state index contributed by atoms with van der Waals surface area (Å²) < 4.78 is 0. The van der Waals surface area contributed by atoms with Crippen molar-refractivity contribution in [3.8, 4) is 0 Å². The van der Waals surface area contributed by atoms with Crippen molar-refractivity contribution < 1.29 is 9.90 Å². The molecule has 2 heterocycles. The second-order valence-corrected chi connectivity index (χ2v) is 4.19. The van der Waals surface area contributed by atoms with Crippen molar-refractivity contribution in [3.63, 3.8) is 0 Å². The summed E-state index contributed by atoms with van der Waals surface area (Å²) in [6.45, 7) is 0.573. The largest absolute Gasteiger partial charge is 0.478 e. The lowest BCUT2D eigenvalue weighted by Gasteiger charge is -2.08. The number of nitrogen functional groups attached to an aromatic ring is 1. The number of anilines is 2. The van der Waals surface area contributed by atoms with Crippen LogP contribution in [0.25, 0.3) is 0 Å². The zero-order valence-electron chi connectivity index (χ0n) is 8.88. The predicted octanol–water partition coefficient (Wildman–Crippen LogP) is 2.04. The summed E-state index contributed by atoms with van der Waals surface area (Å²) in [7, 11) is 0. The number of rotatable bonds is 4. The van der Waals surface area contributed by atoms with E-state index in [1.54, 1.807) is 11.3 Å². The lowest BCUT2D eigenvalue weighted by Crippen LogP contribution is -2.09. The molecule has 2 rings (SSSR count). The van der Waals surface area contributed by atoms with E-state index in [0.29, 0.717) is 12.4 Å². The smallest absolute Gasteiger partial charge is 0.337 e. The highest BCUT2D eigenvalue weighted by atomic mass is 32.1. The third-order valence-corrected chi connectivity index (χ3v) is 2.99. The maximum atomic E-state index is 10.9. The Morgan fingerprint density at radius 2 is 2.35 bits per heavy atom. The molecule has 6 heteroatoms. The molecule has 2 aromatic heterocycles. The number of carboxylic acid groups (broad SMARTS) is 1. The van der Waals surface area contributed by atoms with Gasteiger partial charge in [0.25, 0.3) is 0 Å². The van der Waals surface area contributed by atoms with Gasteiger partial charge in [0.15, 0.2) is 0 Å². The summed E-state index contributed by atoms with van der Waals surface area (Å²) in [5, 5.41) is 15.9. The zero-order valence-corrected chi connectivity index (χ0v) is 9.70. The van der Waals surface area contributed by atoms with E-state index in [9.17, 15) is 4.79 Å². The molecule has 2 aromatic rings. The highest BCUT2D eigenvalue weighted by Gasteiger charge is 2.11. The molecule has 0 radical (unpaired) electrons. The van der Waals surface area contributed by atoms with Gasteiger partial charge in [-0.1, -0.05) is 0 Å². The van der Waals surface area contributed by atoms with Crippen LogP contribution in [0.5, 0.6) is 0 Å². The number of pyridine rings is 1. The number of hydrogen-bond acceptors (Lipinski definition) is 5. The zero-order chi connectivity index (χ0) is 12.3. The standard InChI is InChI=1S/C11H11N3O2S/c12-9-8(11(15)16)1-3-13-10(9)14-5-7-2-4-17-6-7/h1-4,6H,5,12H2,(H,13,14)(H,15,16). The Kier molecular flexibility index (Phi) is 3.24. The van der Waals surface area contributed by atoms with E-state index < -0.39 is 5.97 Å². The van der Waals surface area contributed by atoms with Crippen molar-refractivity contribution >= 4 is 28.8 Å². The first-order chi connectivity index (χ1) is 8.18. The van der Waals surface area contributed by atoms with E-state index in [-0.39, 0.29) is 11.3 Å². The number of aromatic nitrogens is 1. The Labute approximate surface area is 102 Å². The third-order valence-electron chi connectivity index (χ3n) is 2.26. The van der Waals surface area contributed by atoms with Crippen molar-refractivity contribution in [1.82, 2.24) is 4.98 Å². The molecule has 0 aliphatic heterocycles. The van der Waals surface area contributed by atoms with Crippen LogP contribution in [0.2, 0.25) is 0 Å². The second-order valence-electron chi connectivity index (χ2n) is 3.41. The number of aromatic carboxylic acids is 1. The quantitative estimate of drug-likeness (QED) is 0.771. The average Bonchev–Trinajstić information content (AvgIpc) is 2.80. The molecule has 0 bridgehead atoms. The van der Waals surface area contributed by atoms with E-state index in [4.69, 9.17) is 10.8 Å². The van der Waals surface area contributed by atoms with Crippen LogP contribution < -0.4 is 11.1 Å². The van der Waals surface area contributed by atoms with Gasteiger partial charge < -0.3 is 16.2 Å². The summed E-state index contributed by atoms with van der Waals surface area (Å²) in [5.74, 6) is -0.653. The Balaban J connectivity index is 2.16. The molecule has 0 saturated heterocycles. The fraction of sp³-hybridized carbons (Fsp3) is 0.0909. The Bertz CT molecular complexity index is 526. The number of thiophene rings is 1. The van der Waals surface area contributed by atoms with Crippen LogP contribution in [-0.4, -0.2) is 16.1 Å². The van der Waals surface area contributed by atoms with E-state index >= 15 is 0 Å². The summed E-state index contributed by atoms with van der Waals surface area (Å²) in [6, 6.07) is 3.36. The van der Waals surface area contributed by atoms with E-state index in [2.05, 4.69) is 10.3 Å². The van der Waals surface area contributed by atoms with Gasteiger partial charge in [-0.2, -0.15) is 11.3 Å². The van der Waals surface area contributed by atoms with Crippen molar-refractivity contribution in [3.05, 3.63) is 40.2 Å². The van der Waals surface area contributed by atoms with Crippen molar-refractivity contribution in [1.29, 1.82) is 0 Å². The number of hydrogen-bond donors (Lipinski definition) is 3. The van der Waals surface area contributed by atoms with Crippen molar-refractivity contribution in [2.75, 3.05) is 11.1 Å². The van der Waals surface area contributed by atoms with Crippen LogP contribution in [0, 0.1) is 0 Å². The molecule has 0 unspecified atom stereocenters. The summed E-state index contributed by atoms with van der Waals surface area (Å²) in [4.78, 5) is 14.9. The molecule has 0 atom stereocenters. The molecule has 0 spiro atoms. The van der Waals surface area contributed by atoms with Crippen LogP contribution in [0.3, 0.4) is 0 Å². The molecular formula is C11H11N3O2S. The van der Waals surface area contributed by atoms with Crippen LogP contribution in [0.1, 0.15) is 15.9 Å². The van der Waals surface area contributed by atoms with E-state index in [1.807, 2.05) is 16.8 Å². The lowest BCUT2D eigenvalue weighted by atomic mass is 10.2. The number of nitrogens with two attached hydrogens (primary N) is 1. The summed E-state index contributed by atoms with van der Waals surface area (Å²) in [5.41, 5.74) is 7.05. The molecule has 0 aliphatic carbocycles. The molecule has 0 aliphatic rings. The normalized spacial score (nSPS) is 10.1. The summed E-state index contributed by atoms with van der Waals surface area (Å²) in [6.07, 6.45) is 1.43. The highest BCUT2D eigenvalue weighted by molar-refractivity contribution is 7.07. The number of nitrogens with one attached hydrogen (secondary N) is 1. The van der Waals surface area contributed by atoms with Gasteiger partial charge in [0, 0.05) is 12.7 Å². The molecule has 4 N–H and O–H groups in total. The van der Waals surface area contributed by atoms with Gasteiger partial charge in [-0.05, 0) is 28.5 Å². The molecule has 17 heavy (non-hydrogen) atoms. The third kappa shape index (κ3) is 2.54. The van der Waals surface area contributed by atoms with Gasteiger partial charge >= 0.3 is 5.97 Å². The fourth-order valence-electron chi connectivity index (χ4n) is 1.38. The van der Waals surface area contributed by atoms with Gasteiger partial charge in [0.1, 0.15) is 5.82 Å². The minimum absolute atomic E-state index is 0.0628. The van der Waals surface area contributed by atoms with Crippen LogP contribution in [-0.2, 0) is 6.54 Å². The first kappa shape index (κ1) is 11.4. The summed E-state index contributed by atoms with van der Waals surface area (Å²) >= 11 is 1.60. The van der Waals surface area contributed by atoms with E-state index in [0.717, 1.165) is 5.56 Å². The number of carbonyl (C=O) groups is 1. The van der Waals surface area contributed by atoms with E-state index in [1.165, 1.54) is 12.3 Å². The molecule has 88 valence electrons. The average molecular weight is 249 g/mol. The van der Waals surface area contributed by atoms with Gasteiger partial charge in [0.05, 0.1) is 11.3 Å². The highest BCUT2D eigenvalue weighted by Crippen LogP contribution is 2.20. The second kappa shape index (κ2) is 4.84. The number of nitrogens with zero attached hydrogens (tertiary/aromatic N) is 1. The predicted molar refractivity (Wildman–Crippen MR) is 67.3 cm³/mol. The van der Waals surface area contributed by atoms with Crippen LogP contribution >= 0.6 is 11.3 Å². The van der Waals surface area contributed by atoms with Gasteiger partial charge in [-0.25, -0.2) is 9.78 Å². The van der Waals surface area contributed by atoms with Crippen molar-refractivity contribution in [2.45, 2.75) is 6.54 Å². The maximum absolute atomic E-state index is 10.9. The Morgan fingerprint density at radius 3 is 3.00 bits per heavy atom. The lowest BCUT2D eigenvalue weighted by molar-refractivity contribution is 0.0698. The first-order valence-corrected chi connectivity index (χ1v) is 5.85. The molecular weight excluding hydrogens is 238 g/mol. The minimum Gasteiger partial charge on any atom is -0.478 e. The molecule has 5 nitrogen and oxygen atoms in total. The fourth-order valence-corrected chi connectivity index (χ4v) is 2.05. The first-order valence-electron chi connectivity index (χ1n) is 4.91. The van der Waals surface area contributed by atoms with Gasteiger partial charge in [0.2, 0.25) is 0 Å². The molecule has 0 fully saturated rings. The SMILES string of the molecule is Nc1c(C(=O)O)ccnc1NCc1ccsc1. The van der Waals surface area contributed by atoms with Crippen LogP contribution in [0.4, 0.5) is 11.5 Å². The topological polar surface area (TPSA) is 88.2 Å². The Morgan fingerprint density at radius 1 is 1.53 bits per heavy atom. The van der Waals surface area contributed by atoms with Gasteiger partial charge in [-0.3, -0.25) is 0 Å². The minimum atomic E-state index is -1.05. The molecule has 0 saturated carbocycles. The van der Waals surface area contributed by atoms with Gasteiger partial charge in [-0.15, -0.1) is 0 Å². The monoisotopic (exact) mass is 249 g/mol. The molecule has 0 amide bonds.